The van der Waals surface area contributed by atoms with E-state index in [0.717, 1.165) is 18.2 Å². The van der Waals surface area contributed by atoms with Crippen LogP contribution >= 0.6 is 11.3 Å². The number of anilines is 1. The molecule has 0 aliphatic carbocycles. The van der Waals surface area contributed by atoms with Crippen molar-refractivity contribution < 1.29 is 4.79 Å². The fraction of sp³-hybridized carbons (Fsp3) is 0.333. The summed E-state index contributed by atoms with van der Waals surface area (Å²) < 4.78 is 0. The Kier molecular flexibility index (Phi) is 5.48. The SMILES string of the molecule is CCNC(=NCc1ccsc1)NCC1CC(=O)Nc2ccccc21. The Bertz CT molecular complexity index is 712. The highest BCUT2D eigenvalue weighted by Crippen LogP contribution is 2.31. The molecule has 1 unspecified atom stereocenters. The van der Waals surface area contributed by atoms with Gasteiger partial charge < -0.3 is 16.0 Å². The van der Waals surface area contributed by atoms with Crippen LogP contribution in [0.1, 0.15) is 30.4 Å². The molecule has 0 spiro atoms. The minimum Gasteiger partial charge on any atom is -0.357 e. The van der Waals surface area contributed by atoms with Crippen LogP contribution in [0.2, 0.25) is 0 Å². The Morgan fingerprint density at radius 3 is 3.00 bits per heavy atom. The molecule has 1 atom stereocenters. The normalized spacial score (nSPS) is 17.1. The zero-order valence-corrected chi connectivity index (χ0v) is 14.5. The van der Waals surface area contributed by atoms with E-state index in [4.69, 9.17) is 0 Å². The fourth-order valence-corrected chi connectivity index (χ4v) is 3.46. The molecule has 1 aromatic carbocycles. The number of nitrogens with one attached hydrogen (secondary N) is 3. The lowest BCUT2D eigenvalue weighted by molar-refractivity contribution is -0.116. The summed E-state index contributed by atoms with van der Waals surface area (Å²) >= 11 is 1.68. The molecule has 3 N–H and O–H groups in total. The van der Waals surface area contributed by atoms with Crippen LogP contribution in [0, 0.1) is 0 Å². The fourth-order valence-electron chi connectivity index (χ4n) is 2.80. The van der Waals surface area contributed by atoms with E-state index in [9.17, 15) is 4.79 Å². The highest BCUT2D eigenvalue weighted by atomic mass is 32.1. The van der Waals surface area contributed by atoms with Gasteiger partial charge in [-0.05, 0) is 40.9 Å². The topological polar surface area (TPSA) is 65.5 Å². The van der Waals surface area contributed by atoms with Crippen molar-refractivity contribution in [3.8, 4) is 0 Å². The molecule has 5 nitrogen and oxygen atoms in total. The lowest BCUT2D eigenvalue weighted by Crippen LogP contribution is -2.40. The lowest BCUT2D eigenvalue weighted by Gasteiger charge is -2.26. The van der Waals surface area contributed by atoms with E-state index in [1.165, 1.54) is 11.1 Å². The third-order valence-electron chi connectivity index (χ3n) is 3.97. The summed E-state index contributed by atoms with van der Waals surface area (Å²) in [6.45, 7) is 4.18. The Morgan fingerprint density at radius 1 is 1.33 bits per heavy atom. The maximum absolute atomic E-state index is 11.9. The smallest absolute Gasteiger partial charge is 0.225 e. The van der Waals surface area contributed by atoms with Gasteiger partial charge >= 0.3 is 0 Å². The van der Waals surface area contributed by atoms with E-state index in [0.29, 0.717) is 19.5 Å². The number of hydrogen-bond acceptors (Lipinski definition) is 3. The van der Waals surface area contributed by atoms with Crippen LogP contribution in [0.15, 0.2) is 46.1 Å². The van der Waals surface area contributed by atoms with E-state index in [1.807, 2.05) is 25.1 Å². The quantitative estimate of drug-likeness (QED) is 0.578. The minimum absolute atomic E-state index is 0.0701. The third-order valence-corrected chi connectivity index (χ3v) is 4.70. The van der Waals surface area contributed by atoms with Crippen molar-refractivity contribution in [2.75, 3.05) is 18.4 Å². The maximum atomic E-state index is 11.9. The third kappa shape index (κ3) is 4.14. The van der Waals surface area contributed by atoms with Crippen LogP contribution in [0.5, 0.6) is 0 Å². The van der Waals surface area contributed by atoms with E-state index in [2.05, 4.69) is 43.8 Å². The van der Waals surface area contributed by atoms with Crippen molar-refractivity contribution in [3.05, 3.63) is 52.2 Å². The monoisotopic (exact) mass is 342 g/mol. The first-order chi connectivity index (χ1) is 11.8. The van der Waals surface area contributed by atoms with E-state index >= 15 is 0 Å². The summed E-state index contributed by atoms with van der Waals surface area (Å²) in [6, 6.07) is 10.1. The molecule has 2 heterocycles. The lowest BCUT2D eigenvalue weighted by atomic mass is 9.90. The zero-order valence-electron chi connectivity index (χ0n) is 13.7. The van der Waals surface area contributed by atoms with Crippen LogP contribution in [0.25, 0.3) is 0 Å². The van der Waals surface area contributed by atoms with Gasteiger partial charge in [-0.1, -0.05) is 18.2 Å². The maximum Gasteiger partial charge on any atom is 0.225 e. The second-order valence-electron chi connectivity index (χ2n) is 5.74. The second kappa shape index (κ2) is 7.97. The predicted molar refractivity (Wildman–Crippen MR) is 99.6 cm³/mol. The Balaban J connectivity index is 1.66. The number of thiophene rings is 1. The van der Waals surface area contributed by atoms with Crippen molar-refractivity contribution in [3.63, 3.8) is 0 Å². The number of nitrogens with zero attached hydrogens (tertiary/aromatic N) is 1. The van der Waals surface area contributed by atoms with Gasteiger partial charge in [0.05, 0.1) is 6.54 Å². The minimum atomic E-state index is 0.0701. The number of carbonyl (C=O) groups excluding carboxylic acids is 1. The summed E-state index contributed by atoms with van der Waals surface area (Å²) in [7, 11) is 0. The van der Waals surface area contributed by atoms with Gasteiger partial charge in [-0.15, -0.1) is 0 Å². The molecule has 1 aromatic heterocycles. The van der Waals surface area contributed by atoms with Crippen molar-refractivity contribution in [1.82, 2.24) is 10.6 Å². The Labute approximate surface area is 146 Å². The second-order valence-corrected chi connectivity index (χ2v) is 6.52. The van der Waals surface area contributed by atoms with Crippen molar-refractivity contribution in [1.29, 1.82) is 0 Å². The molecular weight excluding hydrogens is 320 g/mol. The number of carbonyl (C=O) groups is 1. The molecule has 0 fully saturated rings. The molecule has 0 bridgehead atoms. The van der Waals surface area contributed by atoms with Gasteiger partial charge in [-0.3, -0.25) is 4.79 Å². The standard InChI is InChI=1S/C18H22N4OS/c1-2-19-18(20-10-13-7-8-24-12-13)21-11-14-9-17(23)22-16-6-4-3-5-15(14)16/h3-8,12,14H,2,9-11H2,1H3,(H,22,23)(H2,19,20,21). The Morgan fingerprint density at radius 2 is 2.21 bits per heavy atom. The van der Waals surface area contributed by atoms with Crippen molar-refractivity contribution in [2.45, 2.75) is 25.8 Å². The Hall–Kier alpha value is -2.34. The molecule has 1 amide bonds. The summed E-state index contributed by atoms with van der Waals surface area (Å²) in [5, 5.41) is 13.7. The summed E-state index contributed by atoms with van der Waals surface area (Å²) in [6.07, 6.45) is 0.494. The molecule has 3 rings (SSSR count). The number of fused-ring (bicyclic) bond motifs is 1. The van der Waals surface area contributed by atoms with E-state index in [-0.39, 0.29) is 11.8 Å². The van der Waals surface area contributed by atoms with Crippen LogP contribution in [-0.2, 0) is 11.3 Å². The highest BCUT2D eigenvalue weighted by molar-refractivity contribution is 7.07. The molecule has 0 saturated heterocycles. The first-order valence-corrected chi connectivity index (χ1v) is 9.12. The predicted octanol–water partition coefficient (Wildman–Crippen LogP) is 2.93. The summed E-state index contributed by atoms with van der Waals surface area (Å²) in [5.74, 6) is 1.01. The van der Waals surface area contributed by atoms with Crippen LogP contribution in [0.3, 0.4) is 0 Å². The largest absolute Gasteiger partial charge is 0.357 e. The molecule has 0 saturated carbocycles. The zero-order chi connectivity index (χ0) is 16.8. The number of rotatable bonds is 5. The summed E-state index contributed by atoms with van der Waals surface area (Å²) in [5.41, 5.74) is 3.30. The van der Waals surface area contributed by atoms with Gasteiger partial charge in [0.25, 0.3) is 0 Å². The molecular formula is C18H22N4OS. The van der Waals surface area contributed by atoms with Gasteiger partial charge in [0, 0.05) is 31.1 Å². The van der Waals surface area contributed by atoms with Gasteiger partial charge in [0.15, 0.2) is 5.96 Å². The number of guanidine groups is 1. The van der Waals surface area contributed by atoms with Gasteiger partial charge in [-0.2, -0.15) is 11.3 Å². The number of para-hydroxylation sites is 1. The molecule has 1 aliphatic heterocycles. The number of amides is 1. The highest BCUT2D eigenvalue weighted by Gasteiger charge is 2.24. The van der Waals surface area contributed by atoms with Gasteiger partial charge in [0.2, 0.25) is 5.91 Å². The first-order valence-electron chi connectivity index (χ1n) is 8.18. The first kappa shape index (κ1) is 16.5. The van der Waals surface area contributed by atoms with E-state index < -0.39 is 0 Å². The number of hydrogen-bond donors (Lipinski definition) is 3. The van der Waals surface area contributed by atoms with Crippen molar-refractivity contribution in [2.24, 2.45) is 4.99 Å². The number of aliphatic imine (C=N–C) groups is 1. The van der Waals surface area contributed by atoms with Crippen LogP contribution in [0.4, 0.5) is 5.69 Å². The van der Waals surface area contributed by atoms with Gasteiger partial charge in [-0.25, -0.2) is 4.99 Å². The van der Waals surface area contributed by atoms with Crippen molar-refractivity contribution >= 4 is 28.9 Å². The van der Waals surface area contributed by atoms with E-state index in [1.54, 1.807) is 11.3 Å². The van der Waals surface area contributed by atoms with Crippen LogP contribution < -0.4 is 16.0 Å². The number of benzene rings is 1. The molecule has 6 heteroatoms. The average Bonchev–Trinajstić information content (AvgIpc) is 3.10. The molecule has 126 valence electrons. The van der Waals surface area contributed by atoms with Gasteiger partial charge in [0.1, 0.15) is 0 Å². The summed E-state index contributed by atoms with van der Waals surface area (Å²) in [4.78, 5) is 16.5. The molecule has 0 radical (unpaired) electrons. The average molecular weight is 342 g/mol. The molecule has 24 heavy (non-hydrogen) atoms. The molecule has 1 aliphatic rings. The van der Waals surface area contributed by atoms with Crippen LogP contribution in [-0.4, -0.2) is 25.0 Å². The molecule has 2 aromatic rings.